The third-order valence-electron chi connectivity index (χ3n) is 0.927. The number of rotatable bonds is 3. The molecule has 9 heavy (non-hydrogen) atoms. The highest BCUT2D eigenvalue weighted by atomic mass is 35.5. The van der Waals surface area contributed by atoms with Crippen molar-refractivity contribution in [2.45, 2.75) is 6.42 Å². The van der Waals surface area contributed by atoms with Crippen molar-refractivity contribution in [2.24, 2.45) is 0 Å². The van der Waals surface area contributed by atoms with Crippen LogP contribution in [-0.2, 0) is 0 Å². The number of hydrogen-bond acceptors (Lipinski definition) is 1. The number of hydrogen-bond donors (Lipinski definition) is 0. The van der Waals surface area contributed by atoms with Crippen molar-refractivity contribution in [3.63, 3.8) is 0 Å². The molecule has 0 rings (SSSR count). The highest BCUT2D eigenvalue weighted by molar-refractivity contribution is 6.62. The third-order valence-corrected chi connectivity index (χ3v) is 1.22. The van der Waals surface area contributed by atoms with Crippen LogP contribution in [0.3, 0.4) is 0 Å². The molecule has 0 aromatic carbocycles. The molecule has 0 saturated heterocycles. The minimum Gasteiger partial charge on any atom is -0.332 e. The van der Waals surface area contributed by atoms with Gasteiger partial charge in [0, 0.05) is 13.6 Å². The molecule has 0 unspecified atom stereocenters. The highest BCUT2D eigenvalue weighted by Crippen LogP contribution is 1.93. The first kappa shape index (κ1) is 8.69. The van der Waals surface area contributed by atoms with Gasteiger partial charge in [-0.25, -0.2) is 0 Å². The van der Waals surface area contributed by atoms with Crippen LogP contribution >= 0.6 is 11.6 Å². The number of halogens is 2. The zero-order valence-electron chi connectivity index (χ0n) is 5.23. The fraction of sp³-hybridized carbons (Fsp3) is 0.800. The highest BCUT2D eigenvalue weighted by Gasteiger charge is 2.01. The normalized spacial score (nSPS) is 9.22. The number of amides is 1. The fourth-order valence-corrected chi connectivity index (χ4v) is 0.469. The van der Waals surface area contributed by atoms with Gasteiger partial charge < -0.3 is 4.90 Å². The topological polar surface area (TPSA) is 20.3 Å². The Morgan fingerprint density at radius 2 is 2.33 bits per heavy atom. The molecule has 1 amide bonds. The Hall–Kier alpha value is -0.310. The minimum absolute atomic E-state index is 0.356. The van der Waals surface area contributed by atoms with Gasteiger partial charge in [0.25, 0.3) is 0 Å². The van der Waals surface area contributed by atoms with Gasteiger partial charge in [0.15, 0.2) is 0 Å². The summed E-state index contributed by atoms with van der Waals surface area (Å²) >= 11 is 5.03. The summed E-state index contributed by atoms with van der Waals surface area (Å²) in [5, 5.41) is -0.538. The molecule has 0 saturated carbocycles. The molecular formula is C5H9ClFNO. The largest absolute Gasteiger partial charge is 0.332 e. The zero-order valence-corrected chi connectivity index (χ0v) is 5.99. The second-order valence-electron chi connectivity index (χ2n) is 1.72. The van der Waals surface area contributed by atoms with Crippen LogP contribution in [0.15, 0.2) is 0 Å². The average molecular weight is 154 g/mol. The van der Waals surface area contributed by atoms with Crippen molar-refractivity contribution in [3.8, 4) is 0 Å². The molecule has 0 fully saturated rings. The molecule has 0 bridgehead atoms. The molecule has 54 valence electrons. The van der Waals surface area contributed by atoms with E-state index in [1.807, 2.05) is 0 Å². The molecule has 2 nitrogen and oxygen atoms in total. The molecule has 0 atom stereocenters. The summed E-state index contributed by atoms with van der Waals surface area (Å²) in [5.41, 5.74) is 0. The van der Waals surface area contributed by atoms with Crippen molar-refractivity contribution < 1.29 is 9.18 Å². The summed E-state index contributed by atoms with van der Waals surface area (Å²) in [7, 11) is 1.53. The lowest BCUT2D eigenvalue weighted by atomic mass is 10.4. The van der Waals surface area contributed by atoms with Crippen molar-refractivity contribution in [1.82, 2.24) is 4.90 Å². The van der Waals surface area contributed by atoms with E-state index in [-0.39, 0.29) is 0 Å². The number of alkyl halides is 1. The fourth-order valence-electron chi connectivity index (χ4n) is 0.385. The Kier molecular flexibility index (Phi) is 4.40. The first-order chi connectivity index (χ1) is 4.18. The first-order valence-electron chi connectivity index (χ1n) is 2.65. The van der Waals surface area contributed by atoms with Gasteiger partial charge in [-0.15, -0.1) is 0 Å². The Morgan fingerprint density at radius 1 is 1.78 bits per heavy atom. The monoisotopic (exact) mass is 153 g/mol. The van der Waals surface area contributed by atoms with Crippen LogP contribution in [-0.4, -0.2) is 30.5 Å². The first-order valence-corrected chi connectivity index (χ1v) is 3.03. The third kappa shape index (κ3) is 4.21. The van der Waals surface area contributed by atoms with Gasteiger partial charge in [-0.1, -0.05) is 0 Å². The van der Waals surface area contributed by atoms with Crippen LogP contribution in [0.4, 0.5) is 9.18 Å². The summed E-state index contributed by atoms with van der Waals surface area (Å²) in [4.78, 5) is 11.5. The second kappa shape index (κ2) is 4.56. The molecule has 0 aliphatic heterocycles. The van der Waals surface area contributed by atoms with E-state index in [4.69, 9.17) is 11.6 Å². The molecule has 0 aliphatic rings. The smallest absolute Gasteiger partial charge is 0.316 e. The van der Waals surface area contributed by atoms with Crippen LogP contribution in [0, 0.1) is 0 Å². The predicted molar refractivity (Wildman–Crippen MR) is 34.5 cm³/mol. The van der Waals surface area contributed by atoms with E-state index in [2.05, 4.69) is 0 Å². The summed E-state index contributed by atoms with van der Waals surface area (Å²) in [6, 6.07) is 0. The lowest BCUT2D eigenvalue weighted by molar-refractivity contribution is 0.230. The van der Waals surface area contributed by atoms with Gasteiger partial charge in [-0.2, -0.15) is 0 Å². The Balaban J connectivity index is 3.27. The van der Waals surface area contributed by atoms with Crippen molar-refractivity contribution >= 4 is 17.0 Å². The summed E-state index contributed by atoms with van der Waals surface area (Å²) < 4.78 is 11.4. The lowest BCUT2D eigenvalue weighted by Gasteiger charge is -2.10. The molecular weight excluding hydrogens is 145 g/mol. The summed E-state index contributed by atoms with van der Waals surface area (Å²) in [6.45, 7) is -0.0205. The van der Waals surface area contributed by atoms with Gasteiger partial charge in [0.05, 0.1) is 6.67 Å². The van der Waals surface area contributed by atoms with Gasteiger partial charge in [0.2, 0.25) is 0 Å². The average Bonchev–Trinajstić information content (AvgIpc) is 1.82. The van der Waals surface area contributed by atoms with Crippen molar-refractivity contribution in [2.75, 3.05) is 20.3 Å². The summed E-state index contributed by atoms with van der Waals surface area (Å²) in [5.74, 6) is 0. The molecule has 0 radical (unpaired) electrons. The van der Waals surface area contributed by atoms with Crippen LogP contribution in [0.5, 0.6) is 0 Å². The van der Waals surface area contributed by atoms with Gasteiger partial charge in [0.1, 0.15) is 0 Å². The molecule has 4 heteroatoms. The molecule has 0 N–H and O–H groups in total. The van der Waals surface area contributed by atoms with Crippen molar-refractivity contribution in [3.05, 3.63) is 0 Å². The van der Waals surface area contributed by atoms with E-state index in [1.54, 1.807) is 0 Å². The number of carbonyl (C=O) groups is 1. The SMILES string of the molecule is CN(CCCF)C(=O)Cl. The molecule has 0 heterocycles. The minimum atomic E-state index is -0.538. The van der Waals surface area contributed by atoms with Crippen LogP contribution in [0.2, 0.25) is 0 Å². The quantitative estimate of drug-likeness (QED) is 0.446. The van der Waals surface area contributed by atoms with Gasteiger partial charge in [-0.05, 0) is 18.0 Å². The molecule has 0 aliphatic carbocycles. The lowest BCUT2D eigenvalue weighted by Crippen LogP contribution is -2.22. The Morgan fingerprint density at radius 3 is 2.67 bits per heavy atom. The van der Waals surface area contributed by atoms with Crippen LogP contribution < -0.4 is 0 Å². The molecule has 0 spiro atoms. The van der Waals surface area contributed by atoms with E-state index in [0.717, 1.165) is 0 Å². The van der Waals surface area contributed by atoms with E-state index in [0.29, 0.717) is 13.0 Å². The Labute approximate surface area is 58.6 Å². The standard InChI is InChI=1S/C5H9ClFNO/c1-8(5(6)9)4-2-3-7/h2-4H2,1H3. The van der Waals surface area contributed by atoms with Crippen LogP contribution in [0.25, 0.3) is 0 Å². The van der Waals surface area contributed by atoms with E-state index < -0.39 is 12.0 Å². The van der Waals surface area contributed by atoms with Gasteiger partial charge >= 0.3 is 5.37 Å². The Bertz CT molecular complexity index is 99.0. The maximum Gasteiger partial charge on any atom is 0.316 e. The second-order valence-corrected chi connectivity index (χ2v) is 2.04. The molecule has 0 aromatic heterocycles. The predicted octanol–water partition coefficient (Wildman–Crippen LogP) is 1.64. The van der Waals surface area contributed by atoms with E-state index in [1.165, 1.54) is 11.9 Å². The van der Waals surface area contributed by atoms with E-state index >= 15 is 0 Å². The number of nitrogens with zero attached hydrogens (tertiary/aromatic N) is 1. The maximum absolute atomic E-state index is 11.4. The maximum atomic E-state index is 11.4. The van der Waals surface area contributed by atoms with Crippen LogP contribution in [0.1, 0.15) is 6.42 Å². The van der Waals surface area contributed by atoms with Crippen molar-refractivity contribution in [1.29, 1.82) is 0 Å². The number of carbonyl (C=O) groups excluding carboxylic acids is 1. The van der Waals surface area contributed by atoms with E-state index in [9.17, 15) is 9.18 Å². The summed E-state index contributed by atoms with van der Waals surface area (Å²) in [6.07, 6.45) is 0.356. The molecule has 0 aromatic rings. The zero-order chi connectivity index (χ0) is 7.28. The van der Waals surface area contributed by atoms with Gasteiger partial charge in [-0.3, -0.25) is 9.18 Å².